The molecule has 3 rings (SSSR count). The van der Waals surface area contributed by atoms with Crippen molar-refractivity contribution in [1.29, 1.82) is 0 Å². The zero-order valence-corrected chi connectivity index (χ0v) is 10.5. The molecule has 1 heterocycles. The second kappa shape index (κ2) is 4.74. The van der Waals surface area contributed by atoms with E-state index in [-0.39, 0.29) is 17.0 Å². The summed E-state index contributed by atoms with van der Waals surface area (Å²) < 4.78 is 13.5. The minimum Gasteiger partial charge on any atom is -0.396 e. The molecule has 0 aliphatic rings. The Kier molecular flexibility index (Phi) is 2.91. The molecule has 2 aromatic carbocycles. The van der Waals surface area contributed by atoms with Crippen LogP contribution in [0, 0.1) is 5.82 Å². The van der Waals surface area contributed by atoms with Gasteiger partial charge >= 0.3 is 0 Å². The number of aromatic nitrogens is 1. The van der Waals surface area contributed by atoms with Crippen molar-refractivity contribution in [2.24, 2.45) is 0 Å². The Morgan fingerprint density at radius 3 is 2.80 bits per heavy atom. The van der Waals surface area contributed by atoms with Crippen LogP contribution < -0.4 is 5.73 Å². The molecule has 98 valence electrons. The van der Waals surface area contributed by atoms with Gasteiger partial charge in [0.05, 0.1) is 5.69 Å². The Balaban J connectivity index is 2.15. The lowest BCUT2D eigenvalue weighted by molar-refractivity contribution is 0.104. The third-order valence-corrected chi connectivity index (χ3v) is 3.19. The lowest BCUT2D eigenvalue weighted by atomic mass is 9.98. The molecule has 0 saturated heterocycles. The highest BCUT2D eigenvalue weighted by molar-refractivity contribution is 6.16. The van der Waals surface area contributed by atoms with Gasteiger partial charge in [0.2, 0.25) is 0 Å². The van der Waals surface area contributed by atoms with Crippen LogP contribution in [0.25, 0.3) is 10.8 Å². The number of ketones is 1. The van der Waals surface area contributed by atoms with Gasteiger partial charge in [-0.25, -0.2) is 4.39 Å². The van der Waals surface area contributed by atoms with Gasteiger partial charge in [-0.2, -0.15) is 0 Å². The van der Waals surface area contributed by atoms with Crippen molar-refractivity contribution in [3.8, 4) is 0 Å². The minimum absolute atomic E-state index is 0.0288. The molecule has 0 aliphatic carbocycles. The normalized spacial score (nSPS) is 10.7. The van der Waals surface area contributed by atoms with Gasteiger partial charge in [-0.05, 0) is 29.7 Å². The van der Waals surface area contributed by atoms with E-state index in [0.29, 0.717) is 5.56 Å². The largest absolute Gasteiger partial charge is 0.396 e. The van der Waals surface area contributed by atoms with Gasteiger partial charge in [0.1, 0.15) is 5.82 Å². The van der Waals surface area contributed by atoms with Crippen LogP contribution in [-0.2, 0) is 0 Å². The summed E-state index contributed by atoms with van der Waals surface area (Å²) in [6.07, 6.45) is 3.30. The second-order valence-corrected chi connectivity index (χ2v) is 4.47. The molecule has 0 spiro atoms. The van der Waals surface area contributed by atoms with Gasteiger partial charge in [-0.15, -0.1) is 0 Å². The molecule has 0 radical (unpaired) electrons. The molecule has 0 bridgehead atoms. The number of fused-ring (bicyclic) bond motifs is 1. The predicted molar refractivity (Wildman–Crippen MR) is 76.0 cm³/mol. The molecular formula is C16H11FN2O. The molecule has 3 aromatic rings. The summed E-state index contributed by atoms with van der Waals surface area (Å²) in [5, 5.41) is 1.67. The van der Waals surface area contributed by atoms with E-state index in [0.717, 1.165) is 16.8 Å². The number of hydrogen-bond donors (Lipinski definition) is 1. The molecule has 3 nitrogen and oxygen atoms in total. The van der Waals surface area contributed by atoms with Gasteiger partial charge in [0, 0.05) is 28.9 Å². The molecule has 2 N–H and O–H groups in total. The molecule has 0 amide bonds. The van der Waals surface area contributed by atoms with Crippen molar-refractivity contribution in [2.45, 2.75) is 0 Å². The van der Waals surface area contributed by atoms with E-state index in [1.807, 2.05) is 12.1 Å². The number of pyridine rings is 1. The summed E-state index contributed by atoms with van der Waals surface area (Å²) in [7, 11) is 0. The van der Waals surface area contributed by atoms with Gasteiger partial charge in [0.15, 0.2) is 5.78 Å². The zero-order chi connectivity index (χ0) is 14.1. The number of hydrogen-bond acceptors (Lipinski definition) is 3. The lowest BCUT2D eigenvalue weighted by Gasteiger charge is -2.06. The topological polar surface area (TPSA) is 56.0 Å². The number of anilines is 1. The Morgan fingerprint density at radius 2 is 2.00 bits per heavy atom. The van der Waals surface area contributed by atoms with Crippen molar-refractivity contribution in [2.75, 3.05) is 5.73 Å². The van der Waals surface area contributed by atoms with Crippen LogP contribution in [0.2, 0.25) is 0 Å². The molecule has 0 aliphatic heterocycles. The van der Waals surface area contributed by atoms with E-state index in [4.69, 9.17) is 5.73 Å². The predicted octanol–water partition coefficient (Wildman–Crippen LogP) is 3.19. The summed E-state index contributed by atoms with van der Waals surface area (Å²) in [5.74, 6) is -0.836. The van der Waals surface area contributed by atoms with E-state index in [1.165, 1.54) is 12.1 Å². The Labute approximate surface area is 114 Å². The van der Waals surface area contributed by atoms with Crippen molar-refractivity contribution in [3.05, 3.63) is 71.8 Å². The number of benzene rings is 2. The van der Waals surface area contributed by atoms with E-state index in [9.17, 15) is 9.18 Å². The number of carbonyl (C=O) groups excluding carboxylic acids is 1. The first-order chi connectivity index (χ1) is 9.66. The number of rotatable bonds is 2. The van der Waals surface area contributed by atoms with Crippen LogP contribution in [0.5, 0.6) is 0 Å². The van der Waals surface area contributed by atoms with E-state index < -0.39 is 5.82 Å². The standard InChI is InChI=1S/C16H11FN2O/c17-14-8-11(4-5-15(14)18)16(20)12-3-1-2-10-6-7-19-9-13(10)12/h1-9H,18H2. The maximum Gasteiger partial charge on any atom is 0.193 e. The average Bonchev–Trinajstić information content (AvgIpc) is 2.49. The maximum atomic E-state index is 13.5. The fourth-order valence-electron chi connectivity index (χ4n) is 2.14. The molecule has 0 saturated carbocycles. The number of carbonyl (C=O) groups is 1. The van der Waals surface area contributed by atoms with Crippen LogP contribution in [0.15, 0.2) is 54.9 Å². The molecular weight excluding hydrogens is 255 g/mol. The molecule has 0 atom stereocenters. The van der Waals surface area contributed by atoms with Crippen molar-refractivity contribution >= 4 is 22.2 Å². The summed E-state index contributed by atoms with van der Waals surface area (Å²) in [5.41, 5.74) is 6.22. The number of nitrogen functional groups attached to an aromatic ring is 1. The third-order valence-electron chi connectivity index (χ3n) is 3.19. The second-order valence-electron chi connectivity index (χ2n) is 4.47. The summed E-state index contributed by atoms with van der Waals surface area (Å²) in [4.78, 5) is 16.5. The fraction of sp³-hybridized carbons (Fsp3) is 0. The lowest BCUT2D eigenvalue weighted by Crippen LogP contribution is -2.04. The summed E-state index contributed by atoms with van der Waals surface area (Å²) in [6, 6.07) is 11.3. The SMILES string of the molecule is Nc1ccc(C(=O)c2cccc3ccncc23)cc1F. The Bertz CT molecular complexity index is 809. The summed E-state index contributed by atoms with van der Waals surface area (Å²) in [6.45, 7) is 0. The quantitative estimate of drug-likeness (QED) is 0.572. The molecule has 20 heavy (non-hydrogen) atoms. The first-order valence-corrected chi connectivity index (χ1v) is 6.09. The monoisotopic (exact) mass is 266 g/mol. The van der Waals surface area contributed by atoms with Gasteiger partial charge in [-0.3, -0.25) is 9.78 Å². The highest BCUT2D eigenvalue weighted by Gasteiger charge is 2.13. The van der Waals surface area contributed by atoms with Gasteiger partial charge < -0.3 is 5.73 Å². The van der Waals surface area contributed by atoms with Crippen molar-refractivity contribution < 1.29 is 9.18 Å². The number of halogens is 1. The third kappa shape index (κ3) is 2.01. The van der Waals surface area contributed by atoms with Gasteiger partial charge in [-0.1, -0.05) is 18.2 Å². The van der Waals surface area contributed by atoms with E-state index in [1.54, 1.807) is 24.5 Å². The van der Waals surface area contributed by atoms with Gasteiger partial charge in [0.25, 0.3) is 0 Å². The Morgan fingerprint density at radius 1 is 1.15 bits per heavy atom. The Hall–Kier alpha value is -2.75. The molecule has 4 heteroatoms. The van der Waals surface area contributed by atoms with Crippen LogP contribution in [0.4, 0.5) is 10.1 Å². The van der Waals surface area contributed by atoms with E-state index in [2.05, 4.69) is 4.98 Å². The summed E-state index contributed by atoms with van der Waals surface area (Å²) >= 11 is 0. The van der Waals surface area contributed by atoms with E-state index >= 15 is 0 Å². The number of nitrogens with zero attached hydrogens (tertiary/aromatic N) is 1. The van der Waals surface area contributed by atoms with Crippen LogP contribution >= 0.6 is 0 Å². The van der Waals surface area contributed by atoms with Crippen LogP contribution in [0.3, 0.4) is 0 Å². The first-order valence-electron chi connectivity index (χ1n) is 6.09. The smallest absolute Gasteiger partial charge is 0.193 e. The number of nitrogens with two attached hydrogens (primary N) is 1. The molecule has 1 aromatic heterocycles. The minimum atomic E-state index is -0.589. The van der Waals surface area contributed by atoms with Crippen LogP contribution in [-0.4, -0.2) is 10.8 Å². The molecule has 0 unspecified atom stereocenters. The molecule has 0 fully saturated rings. The first kappa shape index (κ1) is 12.3. The van der Waals surface area contributed by atoms with Crippen molar-refractivity contribution in [1.82, 2.24) is 4.98 Å². The maximum absolute atomic E-state index is 13.5. The fourth-order valence-corrected chi connectivity index (χ4v) is 2.14. The highest BCUT2D eigenvalue weighted by Crippen LogP contribution is 2.22. The zero-order valence-electron chi connectivity index (χ0n) is 10.5. The van der Waals surface area contributed by atoms with Crippen LogP contribution in [0.1, 0.15) is 15.9 Å². The average molecular weight is 266 g/mol. The van der Waals surface area contributed by atoms with Crippen molar-refractivity contribution in [3.63, 3.8) is 0 Å². The highest BCUT2D eigenvalue weighted by atomic mass is 19.1.